The van der Waals surface area contributed by atoms with Gasteiger partial charge in [-0.2, -0.15) is 0 Å². The number of amides is 2. The molecule has 3 fully saturated rings. The SMILES string of the molecule is N[C@H]1C[C@H]2CC[C@@H]1N2C(=O)CCN1CCCCC1=O. The molecule has 3 saturated heterocycles. The minimum atomic E-state index is 0.166. The first kappa shape index (κ1) is 12.9. The summed E-state index contributed by atoms with van der Waals surface area (Å²) >= 11 is 0. The minimum absolute atomic E-state index is 0.166. The van der Waals surface area contributed by atoms with Gasteiger partial charge in [0.1, 0.15) is 0 Å². The van der Waals surface area contributed by atoms with E-state index in [2.05, 4.69) is 0 Å². The lowest BCUT2D eigenvalue weighted by Gasteiger charge is -2.28. The van der Waals surface area contributed by atoms with Gasteiger partial charge in [0.25, 0.3) is 0 Å². The van der Waals surface area contributed by atoms with E-state index in [0.29, 0.717) is 25.4 Å². The quantitative estimate of drug-likeness (QED) is 0.807. The van der Waals surface area contributed by atoms with E-state index in [9.17, 15) is 9.59 Å². The standard InChI is InChI=1S/C14H23N3O2/c15-11-9-10-4-5-12(11)17(10)14(19)6-8-16-7-2-1-3-13(16)18/h10-12H,1-9,15H2/t10-,11+,12+/m1/s1. The Morgan fingerprint density at radius 3 is 2.79 bits per heavy atom. The molecular formula is C14H23N3O2. The van der Waals surface area contributed by atoms with E-state index in [-0.39, 0.29) is 23.9 Å². The van der Waals surface area contributed by atoms with Crippen molar-refractivity contribution in [3.63, 3.8) is 0 Å². The Morgan fingerprint density at radius 2 is 2.16 bits per heavy atom. The summed E-state index contributed by atoms with van der Waals surface area (Å²) in [5.41, 5.74) is 6.05. The molecule has 3 aliphatic rings. The van der Waals surface area contributed by atoms with Crippen LogP contribution in [0.4, 0.5) is 0 Å². The largest absolute Gasteiger partial charge is 0.342 e. The highest BCUT2D eigenvalue weighted by molar-refractivity contribution is 5.80. The highest BCUT2D eigenvalue weighted by Gasteiger charge is 2.46. The van der Waals surface area contributed by atoms with Gasteiger partial charge in [-0.15, -0.1) is 0 Å². The third kappa shape index (κ3) is 2.36. The fourth-order valence-corrected chi connectivity index (χ4v) is 3.88. The van der Waals surface area contributed by atoms with Crippen LogP contribution in [0, 0.1) is 0 Å². The first-order valence-electron chi connectivity index (χ1n) is 7.51. The molecule has 0 radical (unpaired) electrons. The van der Waals surface area contributed by atoms with Crippen molar-refractivity contribution >= 4 is 11.8 Å². The Kier molecular flexibility index (Phi) is 3.48. The maximum atomic E-state index is 12.3. The van der Waals surface area contributed by atoms with Gasteiger partial charge < -0.3 is 15.5 Å². The maximum Gasteiger partial charge on any atom is 0.224 e. The summed E-state index contributed by atoms with van der Waals surface area (Å²) in [7, 11) is 0. The Bertz CT molecular complexity index is 385. The zero-order chi connectivity index (χ0) is 13.4. The van der Waals surface area contributed by atoms with Crippen LogP contribution in [0.3, 0.4) is 0 Å². The molecule has 3 aliphatic heterocycles. The Labute approximate surface area is 114 Å². The number of rotatable bonds is 3. The van der Waals surface area contributed by atoms with E-state index in [0.717, 1.165) is 38.6 Å². The molecule has 0 aromatic heterocycles. The van der Waals surface area contributed by atoms with Crippen LogP contribution in [0.5, 0.6) is 0 Å². The van der Waals surface area contributed by atoms with Gasteiger partial charge in [-0.25, -0.2) is 0 Å². The normalized spacial score (nSPS) is 34.2. The third-order valence-electron chi connectivity index (χ3n) is 4.89. The number of carbonyl (C=O) groups excluding carboxylic acids is 2. The molecule has 19 heavy (non-hydrogen) atoms. The van der Waals surface area contributed by atoms with E-state index < -0.39 is 0 Å². The monoisotopic (exact) mass is 265 g/mol. The van der Waals surface area contributed by atoms with Crippen LogP contribution in [0.2, 0.25) is 0 Å². The highest BCUT2D eigenvalue weighted by Crippen LogP contribution is 2.37. The van der Waals surface area contributed by atoms with E-state index in [1.165, 1.54) is 0 Å². The number of carbonyl (C=O) groups is 2. The van der Waals surface area contributed by atoms with E-state index >= 15 is 0 Å². The summed E-state index contributed by atoms with van der Waals surface area (Å²) in [4.78, 5) is 27.9. The molecule has 0 aromatic carbocycles. The summed E-state index contributed by atoms with van der Waals surface area (Å²) in [5, 5.41) is 0. The second-order valence-electron chi connectivity index (χ2n) is 6.09. The Morgan fingerprint density at radius 1 is 1.32 bits per heavy atom. The van der Waals surface area contributed by atoms with Gasteiger partial charge in [0.05, 0.1) is 0 Å². The molecule has 5 nitrogen and oxygen atoms in total. The Balaban J connectivity index is 1.53. The van der Waals surface area contributed by atoms with Crippen LogP contribution in [0.1, 0.15) is 44.9 Å². The zero-order valence-corrected chi connectivity index (χ0v) is 11.4. The van der Waals surface area contributed by atoms with Gasteiger partial charge in [0, 0.05) is 44.1 Å². The van der Waals surface area contributed by atoms with Crippen LogP contribution in [-0.4, -0.2) is 52.8 Å². The molecule has 0 unspecified atom stereocenters. The van der Waals surface area contributed by atoms with Crippen LogP contribution in [0.15, 0.2) is 0 Å². The number of nitrogens with two attached hydrogens (primary N) is 1. The number of hydrogen-bond acceptors (Lipinski definition) is 3. The molecule has 5 heteroatoms. The number of hydrogen-bond donors (Lipinski definition) is 1. The molecule has 0 aromatic rings. The molecule has 2 bridgehead atoms. The summed E-state index contributed by atoms with van der Waals surface area (Å²) in [6.07, 6.45) is 6.29. The molecule has 3 heterocycles. The summed E-state index contributed by atoms with van der Waals surface area (Å²) in [6.45, 7) is 1.40. The number of nitrogens with zero attached hydrogens (tertiary/aromatic N) is 2. The molecular weight excluding hydrogens is 242 g/mol. The number of piperidine rings is 1. The van der Waals surface area contributed by atoms with Crippen molar-refractivity contribution in [3.8, 4) is 0 Å². The van der Waals surface area contributed by atoms with Crippen molar-refractivity contribution in [1.82, 2.24) is 9.80 Å². The minimum Gasteiger partial charge on any atom is -0.342 e. The van der Waals surface area contributed by atoms with Gasteiger partial charge in [0.15, 0.2) is 0 Å². The molecule has 3 rings (SSSR count). The van der Waals surface area contributed by atoms with Crippen molar-refractivity contribution in [2.45, 2.75) is 63.1 Å². The van der Waals surface area contributed by atoms with E-state index in [1.807, 2.05) is 9.80 Å². The van der Waals surface area contributed by atoms with Crippen LogP contribution >= 0.6 is 0 Å². The topological polar surface area (TPSA) is 66.6 Å². The first-order chi connectivity index (χ1) is 9.16. The predicted octanol–water partition coefficient (Wildman–Crippen LogP) is 0.480. The molecule has 0 aliphatic carbocycles. The van der Waals surface area contributed by atoms with Gasteiger partial charge >= 0.3 is 0 Å². The molecule has 3 atom stereocenters. The van der Waals surface area contributed by atoms with Gasteiger partial charge in [-0.1, -0.05) is 0 Å². The fourth-order valence-electron chi connectivity index (χ4n) is 3.88. The summed E-state index contributed by atoms with van der Waals surface area (Å²) in [6, 6.07) is 0.790. The molecule has 0 saturated carbocycles. The third-order valence-corrected chi connectivity index (χ3v) is 4.89. The lowest BCUT2D eigenvalue weighted by atomic mass is 9.97. The zero-order valence-electron chi connectivity index (χ0n) is 11.4. The van der Waals surface area contributed by atoms with Crippen molar-refractivity contribution in [1.29, 1.82) is 0 Å². The second-order valence-corrected chi connectivity index (χ2v) is 6.09. The van der Waals surface area contributed by atoms with Crippen LogP contribution in [-0.2, 0) is 9.59 Å². The number of likely N-dealkylation sites (tertiary alicyclic amines) is 1. The number of fused-ring (bicyclic) bond motifs is 2. The smallest absolute Gasteiger partial charge is 0.224 e. The average molecular weight is 265 g/mol. The molecule has 2 amide bonds. The fraction of sp³-hybridized carbons (Fsp3) is 0.857. The van der Waals surface area contributed by atoms with Crippen molar-refractivity contribution in [2.75, 3.05) is 13.1 Å². The summed E-state index contributed by atoms with van der Waals surface area (Å²) in [5.74, 6) is 0.402. The highest BCUT2D eigenvalue weighted by atomic mass is 16.2. The Hall–Kier alpha value is -1.10. The molecule has 0 spiro atoms. The molecule has 106 valence electrons. The van der Waals surface area contributed by atoms with Crippen LogP contribution in [0.25, 0.3) is 0 Å². The maximum absolute atomic E-state index is 12.3. The van der Waals surface area contributed by atoms with E-state index in [1.54, 1.807) is 0 Å². The van der Waals surface area contributed by atoms with Crippen LogP contribution < -0.4 is 5.73 Å². The average Bonchev–Trinajstić information content (AvgIpc) is 2.94. The first-order valence-corrected chi connectivity index (χ1v) is 7.51. The lowest BCUT2D eigenvalue weighted by Crippen LogP contribution is -2.43. The summed E-state index contributed by atoms with van der Waals surface area (Å²) < 4.78 is 0. The second kappa shape index (κ2) is 5.12. The van der Waals surface area contributed by atoms with Gasteiger partial charge in [-0.3, -0.25) is 9.59 Å². The predicted molar refractivity (Wildman–Crippen MR) is 71.3 cm³/mol. The van der Waals surface area contributed by atoms with Crippen molar-refractivity contribution < 1.29 is 9.59 Å². The van der Waals surface area contributed by atoms with Gasteiger partial charge in [0.2, 0.25) is 11.8 Å². The van der Waals surface area contributed by atoms with E-state index in [4.69, 9.17) is 5.73 Å². The molecule has 2 N–H and O–H groups in total. The van der Waals surface area contributed by atoms with Crippen molar-refractivity contribution in [3.05, 3.63) is 0 Å². The lowest BCUT2D eigenvalue weighted by molar-refractivity contribution is -0.136. The van der Waals surface area contributed by atoms with Crippen molar-refractivity contribution in [2.24, 2.45) is 5.73 Å². The van der Waals surface area contributed by atoms with Gasteiger partial charge in [-0.05, 0) is 32.1 Å².